The van der Waals surface area contributed by atoms with Crippen molar-refractivity contribution in [3.8, 4) is 0 Å². The number of rotatable bonds is 3. The molecule has 0 aromatic carbocycles. The highest BCUT2D eigenvalue weighted by Crippen LogP contribution is 2.28. The molecule has 2 N–H and O–H groups in total. The standard InChI is InChI=1S/C18H29N5O/c19-18-20-16(14-6-11-24-13-14)12-17(21-18)23-8-3-7-22(9-10-23)15-4-1-2-5-15/h12,14-15H,1-11,13H2,(H2,19,20,21)/t14-/m0/s1. The Hall–Kier alpha value is -1.40. The second-order valence-electron chi connectivity index (χ2n) is 7.38. The molecule has 1 aromatic rings. The Balaban J connectivity index is 1.46. The molecule has 0 spiro atoms. The van der Waals surface area contributed by atoms with E-state index in [-0.39, 0.29) is 0 Å². The predicted molar refractivity (Wildman–Crippen MR) is 95.3 cm³/mol. The van der Waals surface area contributed by atoms with Gasteiger partial charge >= 0.3 is 0 Å². The van der Waals surface area contributed by atoms with E-state index in [9.17, 15) is 0 Å². The van der Waals surface area contributed by atoms with Gasteiger partial charge in [-0.3, -0.25) is 4.90 Å². The van der Waals surface area contributed by atoms with Crippen molar-refractivity contribution in [1.82, 2.24) is 14.9 Å². The van der Waals surface area contributed by atoms with Crippen LogP contribution in [0.25, 0.3) is 0 Å². The molecule has 24 heavy (non-hydrogen) atoms. The smallest absolute Gasteiger partial charge is 0.222 e. The molecule has 6 heteroatoms. The van der Waals surface area contributed by atoms with Crippen LogP contribution in [0.4, 0.5) is 11.8 Å². The molecule has 3 aliphatic rings. The van der Waals surface area contributed by atoms with Crippen molar-refractivity contribution in [1.29, 1.82) is 0 Å². The molecule has 6 nitrogen and oxygen atoms in total. The Morgan fingerprint density at radius 3 is 2.67 bits per heavy atom. The fourth-order valence-electron chi connectivity index (χ4n) is 4.41. The van der Waals surface area contributed by atoms with Gasteiger partial charge in [0.15, 0.2) is 0 Å². The minimum absolute atomic E-state index is 0.371. The summed E-state index contributed by atoms with van der Waals surface area (Å²) in [5.74, 6) is 1.76. The third kappa shape index (κ3) is 3.49. The van der Waals surface area contributed by atoms with Gasteiger partial charge in [0.25, 0.3) is 0 Å². The average Bonchev–Trinajstić information content (AvgIpc) is 3.25. The number of ether oxygens (including phenoxy) is 1. The quantitative estimate of drug-likeness (QED) is 0.914. The number of aromatic nitrogens is 2. The molecule has 0 amide bonds. The van der Waals surface area contributed by atoms with E-state index in [1.54, 1.807) is 0 Å². The van der Waals surface area contributed by atoms with Gasteiger partial charge in [-0.25, -0.2) is 4.98 Å². The lowest BCUT2D eigenvalue weighted by Gasteiger charge is -2.27. The number of nitrogens with zero attached hydrogens (tertiary/aromatic N) is 4. The SMILES string of the molecule is Nc1nc([C@H]2CCOC2)cc(N2CCCN(C3CCCC3)CC2)n1. The van der Waals surface area contributed by atoms with E-state index in [4.69, 9.17) is 10.5 Å². The molecule has 2 saturated heterocycles. The molecule has 1 atom stereocenters. The second kappa shape index (κ2) is 7.23. The van der Waals surface area contributed by atoms with E-state index >= 15 is 0 Å². The zero-order valence-corrected chi connectivity index (χ0v) is 14.5. The molecule has 0 bridgehead atoms. The normalized spacial score (nSPS) is 26.8. The summed E-state index contributed by atoms with van der Waals surface area (Å²) in [6.07, 6.45) is 7.80. The van der Waals surface area contributed by atoms with Gasteiger partial charge in [-0.05, 0) is 25.7 Å². The van der Waals surface area contributed by atoms with E-state index in [1.165, 1.54) is 38.6 Å². The largest absolute Gasteiger partial charge is 0.381 e. The van der Waals surface area contributed by atoms with Crippen LogP contribution in [-0.2, 0) is 4.74 Å². The van der Waals surface area contributed by atoms with E-state index < -0.39 is 0 Å². The topological polar surface area (TPSA) is 67.5 Å². The first-order valence-electron chi connectivity index (χ1n) is 9.51. The Labute approximate surface area is 144 Å². The highest BCUT2D eigenvalue weighted by Gasteiger charge is 2.26. The number of hydrogen-bond acceptors (Lipinski definition) is 6. The molecular formula is C18H29N5O. The van der Waals surface area contributed by atoms with E-state index in [0.29, 0.717) is 11.9 Å². The molecule has 2 aliphatic heterocycles. The van der Waals surface area contributed by atoms with Crippen LogP contribution in [0.5, 0.6) is 0 Å². The van der Waals surface area contributed by atoms with Crippen LogP contribution in [0.3, 0.4) is 0 Å². The van der Waals surface area contributed by atoms with Gasteiger partial charge in [-0.1, -0.05) is 12.8 Å². The van der Waals surface area contributed by atoms with Crippen molar-refractivity contribution < 1.29 is 4.74 Å². The van der Waals surface area contributed by atoms with Crippen molar-refractivity contribution in [3.05, 3.63) is 11.8 Å². The van der Waals surface area contributed by atoms with Crippen LogP contribution in [0, 0.1) is 0 Å². The zero-order chi connectivity index (χ0) is 16.4. The predicted octanol–water partition coefficient (Wildman–Crippen LogP) is 2.02. The summed E-state index contributed by atoms with van der Waals surface area (Å²) in [6, 6.07) is 2.95. The van der Waals surface area contributed by atoms with Crippen molar-refractivity contribution in [2.45, 2.75) is 50.5 Å². The third-order valence-electron chi connectivity index (χ3n) is 5.79. The molecule has 132 valence electrons. The van der Waals surface area contributed by atoms with Crippen LogP contribution in [0.1, 0.15) is 50.1 Å². The number of nitrogens with two attached hydrogens (primary N) is 1. The van der Waals surface area contributed by atoms with Gasteiger partial charge in [0.05, 0.1) is 12.3 Å². The highest BCUT2D eigenvalue weighted by molar-refractivity contribution is 5.44. The van der Waals surface area contributed by atoms with Crippen LogP contribution in [0.2, 0.25) is 0 Å². The van der Waals surface area contributed by atoms with Crippen molar-refractivity contribution in [2.24, 2.45) is 0 Å². The lowest BCUT2D eigenvalue weighted by Crippen LogP contribution is -2.37. The van der Waals surface area contributed by atoms with Gasteiger partial charge in [-0.2, -0.15) is 4.98 Å². The monoisotopic (exact) mass is 331 g/mol. The Bertz CT molecular complexity index is 554. The summed E-state index contributed by atoms with van der Waals surface area (Å²) in [5.41, 5.74) is 7.05. The van der Waals surface area contributed by atoms with E-state index in [0.717, 1.165) is 56.8 Å². The van der Waals surface area contributed by atoms with Crippen LogP contribution >= 0.6 is 0 Å². The van der Waals surface area contributed by atoms with E-state index in [2.05, 4.69) is 25.8 Å². The number of nitrogen functional groups attached to an aromatic ring is 1. The average molecular weight is 331 g/mol. The molecule has 1 aliphatic carbocycles. The molecule has 1 saturated carbocycles. The fourth-order valence-corrected chi connectivity index (χ4v) is 4.41. The van der Waals surface area contributed by atoms with Crippen molar-refractivity contribution in [3.63, 3.8) is 0 Å². The number of anilines is 2. The molecule has 3 heterocycles. The van der Waals surface area contributed by atoms with Crippen LogP contribution in [0.15, 0.2) is 6.07 Å². The van der Waals surface area contributed by atoms with Crippen LogP contribution < -0.4 is 10.6 Å². The van der Waals surface area contributed by atoms with Crippen molar-refractivity contribution >= 4 is 11.8 Å². The molecule has 3 fully saturated rings. The Kier molecular flexibility index (Phi) is 4.85. The number of hydrogen-bond donors (Lipinski definition) is 1. The first-order valence-corrected chi connectivity index (χ1v) is 9.51. The summed E-state index contributed by atoms with van der Waals surface area (Å²) in [4.78, 5) is 14.1. The van der Waals surface area contributed by atoms with Gasteiger partial charge < -0.3 is 15.4 Å². The molecule has 4 rings (SSSR count). The summed E-state index contributed by atoms with van der Waals surface area (Å²) in [6.45, 7) is 6.02. The molecular weight excluding hydrogens is 302 g/mol. The van der Waals surface area contributed by atoms with E-state index in [1.807, 2.05) is 0 Å². The third-order valence-corrected chi connectivity index (χ3v) is 5.79. The molecule has 0 radical (unpaired) electrons. The zero-order valence-electron chi connectivity index (χ0n) is 14.5. The molecule has 1 aromatic heterocycles. The molecule has 0 unspecified atom stereocenters. The first kappa shape index (κ1) is 16.1. The van der Waals surface area contributed by atoms with Gasteiger partial charge in [-0.15, -0.1) is 0 Å². The minimum atomic E-state index is 0.371. The Morgan fingerprint density at radius 1 is 1.00 bits per heavy atom. The van der Waals surface area contributed by atoms with Gasteiger partial charge in [0, 0.05) is 50.8 Å². The lowest BCUT2D eigenvalue weighted by molar-refractivity contribution is 0.193. The highest BCUT2D eigenvalue weighted by atomic mass is 16.5. The maximum absolute atomic E-state index is 6.00. The second-order valence-corrected chi connectivity index (χ2v) is 7.38. The van der Waals surface area contributed by atoms with Crippen molar-refractivity contribution in [2.75, 3.05) is 50.0 Å². The summed E-state index contributed by atoms with van der Waals surface area (Å²) in [7, 11) is 0. The minimum Gasteiger partial charge on any atom is -0.381 e. The summed E-state index contributed by atoms with van der Waals surface area (Å²) < 4.78 is 5.51. The summed E-state index contributed by atoms with van der Waals surface area (Å²) >= 11 is 0. The maximum Gasteiger partial charge on any atom is 0.222 e. The maximum atomic E-state index is 6.00. The van der Waals surface area contributed by atoms with Crippen LogP contribution in [-0.4, -0.2) is 60.3 Å². The van der Waals surface area contributed by atoms with Gasteiger partial charge in [0.2, 0.25) is 5.95 Å². The first-order chi connectivity index (χ1) is 11.8. The Morgan fingerprint density at radius 2 is 1.88 bits per heavy atom. The summed E-state index contributed by atoms with van der Waals surface area (Å²) in [5, 5.41) is 0. The lowest BCUT2D eigenvalue weighted by atomic mass is 10.0. The fraction of sp³-hybridized carbons (Fsp3) is 0.778. The van der Waals surface area contributed by atoms with Gasteiger partial charge in [0.1, 0.15) is 5.82 Å².